The number of nitrogens with zero attached hydrogens (tertiary/aromatic N) is 2. The van der Waals surface area contributed by atoms with Gasteiger partial charge in [0.05, 0.1) is 0 Å². The van der Waals surface area contributed by atoms with Crippen molar-refractivity contribution in [3.8, 4) is 16.9 Å². The molecule has 70 valence electrons. The second kappa shape index (κ2) is 3.33. The summed E-state index contributed by atoms with van der Waals surface area (Å²) < 4.78 is 0. The summed E-state index contributed by atoms with van der Waals surface area (Å²) in [7, 11) is 0. The van der Waals surface area contributed by atoms with Crippen LogP contribution in [-0.2, 0) is 0 Å². The molecule has 0 aliphatic heterocycles. The van der Waals surface area contributed by atoms with Gasteiger partial charge in [-0.3, -0.25) is 0 Å². The Kier molecular flexibility index (Phi) is 2.02. The van der Waals surface area contributed by atoms with E-state index in [1.807, 2.05) is 0 Å². The fourth-order valence-corrected chi connectivity index (χ4v) is 1.23. The minimum atomic E-state index is 0.139. The van der Waals surface area contributed by atoms with E-state index < -0.39 is 0 Å². The summed E-state index contributed by atoms with van der Waals surface area (Å²) in [6.45, 7) is 0. The maximum Gasteiger partial charge on any atom is 0.125 e. The molecule has 0 saturated carbocycles. The molecule has 0 aliphatic rings. The van der Waals surface area contributed by atoms with Gasteiger partial charge in [-0.05, 0) is 12.1 Å². The van der Waals surface area contributed by atoms with Gasteiger partial charge in [0, 0.05) is 35.3 Å². The van der Waals surface area contributed by atoms with Crippen LogP contribution in [0.15, 0.2) is 36.9 Å². The van der Waals surface area contributed by atoms with Crippen molar-refractivity contribution in [2.45, 2.75) is 0 Å². The van der Waals surface area contributed by atoms with E-state index in [1.165, 1.54) is 12.4 Å². The van der Waals surface area contributed by atoms with E-state index in [4.69, 9.17) is 5.73 Å². The molecule has 0 unspecified atom stereocenters. The average molecular weight is 187 g/mol. The van der Waals surface area contributed by atoms with E-state index in [2.05, 4.69) is 9.97 Å². The lowest BCUT2D eigenvalue weighted by atomic mass is 10.1. The highest BCUT2D eigenvalue weighted by atomic mass is 16.3. The van der Waals surface area contributed by atoms with Crippen LogP contribution >= 0.6 is 0 Å². The predicted molar refractivity (Wildman–Crippen MR) is 53.5 cm³/mol. The molecular weight excluding hydrogens is 178 g/mol. The predicted octanol–water partition coefficient (Wildman–Crippen LogP) is 1.43. The van der Waals surface area contributed by atoms with Crippen molar-refractivity contribution in [2.75, 3.05) is 5.73 Å². The Bertz CT molecular complexity index is 442. The second-order valence-corrected chi connectivity index (χ2v) is 2.90. The zero-order chi connectivity index (χ0) is 9.97. The van der Waals surface area contributed by atoms with E-state index >= 15 is 0 Å². The van der Waals surface area contributed by atoms with Gasteiger partial charge in [-0.15, -0.1) is 0 Å². The van der Waals surface area contributed by atoms with Crippen molar-refractivity contribution >= 4 is 5.69 Å². The number of rotatable bonds is 1. The summed E-state index contributed by atoms with van der Waals surface area (Å²) in [5.74, 6) is 0.139. The molecule has 1 aromatic carbocycles. The van der Waals surface area contributed by atoms with Crippen LogP contribution in [0, 0.1) is 0 Å². The molecule has 14 heavy (non-hydrogen) atoms. The molecule has 1 aromatic heterocycles. The Morgan fingerprint density at radius 2 is 1.86 bits per heavy atom. The number of hydrogen-bond acceptors (Lipinski definition) is 4. The zero-order valence-electron chi connectivity index (χ0n) is 7.38. The first-order valence-electron chi connectivity index (χ1n) is 4.11. The molecule has 4 heteroatoms. The molecule has 0 atom stereocenters. The Morgan fingerprint density at radius 3 is 2.50 bits per heavy atom. The van der Waals surface area contributed by atoms with Crippen LogP contribution in [0.2, 0.25) is 0 Å². The minimum Gasteiger partial charge on any atom is -0.507 e. The lowest BCUT2D eigenvalue weighted by Crippen LogP contribution is -1.86. The van der Waals surface area contributed by atoms with E-state index in [0.717, 1.165) is 5.56 Å². The fourth-order valence-electron chi connectivity index (χ4n) is 1.23. The first-order chi connectivity index (χ1) is 6.77. The van der Waals surface area contributed by atoms with Crippen LogP contribution in [0.3, 0.4) is 0 Å². The number of phenols is 1. The first kappa shape index (κ1) is 8.50. The van der Waals surface area contributed by atoms with Crippen molar-refractivity contribution in [3.05, 3.63) is 36.9 Å². The number of nitrogen functional groups attached to an aromatic ring is 1. The van der Waals surface area contributed by atoms with Gasteiger partial charge in [0.2, 0.25) is 0 Å². The van der Waals surface area contributed by atoms with Crippen LogP contribution in [0.5, 0.6) is 5.75 Å². The van der Waals surface area contributed by atoms with Crippen molar-refractivity contribution in [3.63, 3.8) is 0 Å². The van der Waals surface area contributed by atoms with Crippen molar-refractivity contribution in [1.29, 1.82) is 0 Å². The minimum absolute atomic E-state index is 0.139. The van der Waals surface area contributed by atoms with Gasteiger partial charge in [-0.25, -0.2) is 9.97 Å². The van der Waals surface area contributed by atoms with E-state index in [9.17, 15) is 5.11 Å². The van der Waals surface area contributed by atoms with Gasteiger partial charge in [0.25, 0.3) is 0 Å². The summed E-state index contributed by atoms with van der Waals surface area (Å²) in [6.07, 6.45) is 4.72. The van der Waals surface area contributed by atoms with Crippen molar-refractivity contribution < 1.29 is 5.11 Å². The summed E-state index contributed by atoms with van der Waals surface area (Å²) in [6, 6.07) is 4.97. The monoisotopic (exact) mass is 187 g/mol. The summed E-state index contributed by atoms with van der Waals surface area (Å²) in [5, 5.41) is 9.61. The highest BCUT2D eigenvalue weighted by molar-refractivity contribution is 5.71. The second-order valence-electron chi connectivity index (χ2n) is 2.90. The molecule has 0 aliphatic carbocycles. The molecule has 3 N–H and O–H groups in total. The number of nitrogens with two attached hydrogens (primary N) is 1. The lowest BCUT2D eigenvalue weighted by Gasteiger charge is -2.03. The quantitative estimate of drug-likeness (QED) is 0.662. The van der Waals surface area contributed by atoms with Crippen LogP contribution in [-0.4, -0.2) is 15.1 Å². The Morgan fingerprint density at radius 1 is 1.14 bits per heavy atom. The SMILES string of the molecule is Nc1ccc(-c2cncnc2)c(O)c1. The largest absolute Gasteiger partial charge is 0.507 e. The molecule has 0 bridgehead atoms. The molecule has 2 rings (SSSR count). The molecular formula is C10H9N3O. The summed E-state index contributed by atoms with van der Waals surface area (Å²) in [5.41, 5.74) is 7.49. The molecule has 0 spiro atoms. The highest BCUT2D eigenvalue weighted by Gasteiger charge is 2.03. The number of anilines is 1. The Labute approximate surface area is 81.1 Å². The third-order valence-electron chi connectivity index (χ3n) is 1.89. The number of phenolic OH excluding ortho intramolecular Hbond substituents is 1. The third kappa shape index (κ3) is 1.50. The first-order valence-corrected chi connectivity index (χ1v) is 4.11. The van der Waals surface area contributed by atoms with E-state index in [-0.39, 0.29) is 5.75 Å². The standard InChI is InChI=1S/C10H9N3O/c11-8-1-2-9(10(14)3-8)7-4-12-6-13-5-7/h1-6,14H,11H2. The van der Waals surface area contributed by atoms with Gasteiger partial charge in [0.1, 0.15) is 12.1 Å². The Hall–Kier alpha value is -2.10. The van der Waals surface area contributed by atoms with Crippen LogP contribution in [0.4, 0.5) is 5.69 Å². The number of hydrogen-bond donors (Lipinski definition) is 2. The molecule has 0 saturated heterocycles. The molecule has 0 amide bonds. The maximum absolute atomic E-state index is 9.61. The normalized spacial score (nSPS) is 10.0. The Balaban J connectivity index is 2.53. The topological polar surface area (TPSA) is 72.0 Å². The van der Waals surface area contributed by atoms with Gasteiger partial charge in [-0.2, -0.15) is 0 Å². The smallest absolute Gasteiger partial charge is 0.125 e. The number of benzene rings is 1. The highest BCUT2D eigenvalue weighted by Crippen LogP contribution is 2.29. The van der Waals surface area contributed by atoms with E-state index in [1.54, 1.807) is 24.5 Å². The van der Waals surface area contributed by atoms with E-state index in [0.29, 0.717) is 11.3 Å². The fraction of sp³-hybridized carbons (Fsp3) is 0. The van der Waals surface area contributed by atoms with Gasteiger partial charge in [-0.1, -0.05) is 0 Å². The average Bonchev–Trinajstić information content (AvgIpc) is 2.19. The van der Waals surface area contributed by atoms with Crippen LogP contribution < -0.4 is 5.73 Å². The molecule has 0 fully saturated rings. The third-order valence-corrected chi connectivity index (χ3v) is 1.89. The van der Waals surface area contributed by atoms with Crippen molar-refractivity contribution in [2.24, 2.45) is 0 Å². The number of aromatic nitrogens is 2. The summed E-state index contributed by atoms with van der Waals surface area (Å²) >= 11 is 0. The number of aromatic hydroxyl groups is 1. The van der Waals surface area contributed by atoms with Crippen LogP contribution in [0.25, 0.3) is 11.1 Å². The summed E-state index contributed by atoms with van der Waals surface area (Å²) in [4.78, 5) is 7.74. The van der Waals surface area contributed by atoms with Gasteiger partial charge in [0.15, 0.2) is 0 Å². The van der Waals surface area contributed by atoms with Crippen LogP contribution in [0.1, 0.15) is 0 Å². The molecule has 2 aromatic rings. The molecule has 4 nitrogen and oxygen atoms in total. The zero-order valence-corrected chi connectivity index (χ0v) is 7.38. The van der Waals surface area contributed by atoms with Gasteiger partial charge < -0.3 is 10.8 Å². The molecule has 0 radical (unpaired) electrons. The maximum atomic E-state index is 9.61. The molecule has 1 heterocycles. The van der Waals surface area contributed by atoms with Crippen molar-refractivity contribution in [1.82, 2.24) is 9.97 Å². The van der Waals surface area contributed by atoms with Gasteiger partial charge >= 0.3 is 0 Å². The lowest BCUT2D eigenvalue weighted by molar-refractivity contribution is 0.477.